The second-order valence-electron chi connectivity index (χ2n) is 4.36. The van der Waals surface area contributed by atoms with Gasteiger partial charge >= 0.3 is 6.18 Å². The van der Waals surface area contributed by atoms with E-state index in [0.717, 1.165) is 0 Å². The maximum absolute atomic E-state index is 12.8. The number of alkyl halides is 3. The number of aromatic amines is 1. The molecule has 1 N–H and O–H groups in total. The summed E-state index contributed by atoms with van der Waals surface area (Å²) in [5, 5.41) is 8.91. The van der Waals surface area contributed by atoms with Gasteiger partial charge in [0.25, 0.3) is 5.82 Å². The van der Waals surface area contributed by atoms with Crippen LogP contribution in [-0.2, 0) is 6.18 Å². The number of hydrogen-bond donors (Lipinski definition) is 1. The van der Waals surface area contributed by atoms with Gasteiger partial charge < -0.3 is 14.2 Å². The summed E-state index contributed by atoms with van der Waals surface area (Å²) in [6.07, 6.45) is -3.50. The van der Waals surface area contributed by atoms with Gasteiger partial charge in [-0.05, 0) is 24.4 Å². The Morgan fingerprint density at radius 2 is 2.22 bits per heavy atom. The van der Waals surface area contributed by atoms with Crippen molar-refractivity contribution in [1.29, 1.82) is 0 Å². The van der Waals surface area contributed by atoms with Crippen molar-refractivity contribution in [2.45, 2.75) is 6.18 Å². The highest BCUT2D eigenvalue weighted by atomic mass is 32.1. The van der Waals surface area contributed by atoms with Gasteiger partial charge in [-0.1, -0.05) is 0 Å². The summed E-state index contributed by atoms with van der Waals surface area (Å²) in [4.78, 5) is 0. The molecule has 7 nitrogen and oxygen atoms in total. The Balaban J connectivity index is 1.99. The first kappa shape index (κ1) is 15.3. The number of nitrogens with zero attached hydrogens (tertiary/aromatic N) is 3. The van der Waals surface area contributed by atoms with Crippen molar-refractivity contribution in [1.82, 2.24) is 14.9 Å². The van der Waals surface area contributed by atoms with Crippen molar-refractivity contribution >= 4 is 18.4 Å². The first-order chi connectivity index (χ1) is 10.9. The molecular formula is C12H9F3N4O3S. The van der Waals surface area contributed by atoms with E-state index in [-0.39, 0.29) is 11.6 Å². The van der Waals surface area contributed by atoms with Gasteiger partial charge in [0.15, 0.2) is 11.5 Å². The molecule has 0 saturated carbocycles. The molecule has 122 valence electrons. The van der Waals surface area contributed by atoms with Crippen LogP contribution < -0.4 is 14.2 Å². The van der Waals surface area contributed by atoms with Gasteiger partial charge in [0, 0.05) is 5.56 Å². The number of methoxy groups -OCH3 is 1. The second kappa shape index (κ2) is 5.57. The number of nitrogens with one attached hydrogen (secondary N) is 1. The Hall–Kier alpha value is -2.56. The predicted octanol–water partition coefficient (Wildman–Crippen LogP) is 2.58. The maximum Gasteiger partial charge on any atom is 0.453 e. The first-order valence-electron chi connectivity index (χ1n) is 6.17. The molecule has 0 bridgehead atoms. The number of fused-ring (bicyclic) bond motifs is 1. The summed E-state index contributed by atoms with van der Waals surface area (Å²) >= 11 is 4.75. The van der Waals surface area contributed by atoms with Crippen molar-refractivity contribution in [3.8, 4) is 17.2 Å². The standard InChI is InChI=1S/C12H9F3N4O3S/c1-20-7-2-6(3-8-9(7)22-5-21-8)4-16-19-10(12(13,14)15)17-18-11(19)23/h2-4H,5H2,1H3,(H,18,23)/b16-4-. The molecule has 0 atom stereocenters. The summed E-state index contributed by atoms with van der Waals surface area (Å²) in [6, 6.07) is 3.11. The Morgan fingerprint density at radius 1 is 1.43 bits per heavy atom. The SMILES string of the molecule is COc1cc(/C=N\n2c(C(F)(F)F)n[nH]c2=S)cc2c1OCO2. The summed E-state index contributed by atoms with van der Waals surface area (Å²) in [6.45, 7) is 0.0390. The van der Waals surface area contributed by atoms with Gasteiger partial charge in [-0.15, -0.1) is 5.10 Å². The van der Waals surface area contributed by atoms with Crippen LogP contribution in [-0.4, -0.2) is 35.0 Å². The molecule has 1 aliphatic rings. The van der Waals surface area contributed by atoms with E-state index in [1.165, 1.54) is 13.3 Å². The molecule has 1 aromatic carbocycles. The minimum atomic E-state index is -4.68. The lowest BCUT2D eigenvalue weighted by molar-refractivity contribution is -0.147. The normalized spacial score (nSPS) is 13.7. The lowest BCUT2D eigenvalue weighted by Gasteiger charge is -2.06. The zero-order valence-electron chi connectivity index (χ0n) is 11.5. The second-order valence-corrected chi connectivity index (χ2v) is 4.75. The van der Waals surface area contributed by atoms with Gasteiger partial charge in [-0.3, -0.25) is 0 Å². The van der Waals surface area contributed by atoms with E-state index in [4.69, 9.17) is 26.4 Å². The lowest BCUT2D eigenvalue weighted by Crippen LogP contribution is -2.12. The molecule has 1 aliphatic heterocycles. The van der Waals surface area contributed by atoms with E-state index >= 15 is 0 Å². The molecule has 0 fully saturated rings. The highest BCUT2D eigenvalue weighted by Crippen LogP contribution is 2.41. The smallest absolute Gasteiger partial charge is 0.453 e. The van der Waals surface area contributed by atoms with Gasteiger partial charge in [-0.2, -0.15) is 22.9 Å². The van der Waals surface area contributed by atoms with Gasteiger partial charge in [0.1, 0.15) is 0 Å². The largest absolute Gasteiger partial charge is 0.493 e. The van der Waals surface area contributed by atoms with Crippen molar-refractivity contribution in [3.63, 3.8) is 0 Å². The average Bonchev–Trinajstić information content (AvgIpc) is 3.10. The molecular weight excluding hydrogens is 337 g/mol. The molecule has 0 aliphatic carbocycles. The molecule has 3 rings (SSSR count). The predicted molar refractivity (Wildman–Crippen MR) is 74.5 cm³/mol. The average molecular weight is 346 g/mol. The Morgan fingerprint density at radius 3 is 2.91 bits per heavy atom. The third kappa shape index (κ3) is 2.86. The van der Waals surface area contributed by atoms with Crippen LogP contribution in [0, 0.1) is 4.77 Å². The maximum atomic E-state index is 12.8. The van der Waals surface area contributed by atoms with E-state index in [0.29, 0.717) is 27.5 Å². The summed E-state index contributed by atoms with van der Waals surface area (Å²) < 4.78 is 54.2. The zero-order valence-corrected chi connectivity index (χ0v) is 12.4. The molecule has 0 amide bonds. The van der Waals surface area contributed by atoms with Crippen molar-refractivity contribution in [2.75, 3.05) is 13.9 Å². The molecule has 2 heterocycles. The summed E-state index contributed by atoms with van der Waals surface area (Å²) in [7, 11) is 1.44. The van der Waals surface area contributed by atoms with Crippen LogP contribution in [0.1, 0.15) is 11.4 Å². The molecule has 2 aromatic rings. The zero-order chi connectivity index (χ0) is 16.6. The number of rotatable bonds is 3. The highest BCUT2D eigenvalue weighted by molar-refractivity contribution is 7.71. The summed E-state index contributed by atoms with van der Waals surface area (Å²) in [5.41, 5.74) is 0.447. The molecule has 11 heteroatoms. The Labute approximate surface area is 132 Å². The van der Waals surface area contributed by atoms with E-state index in [9.17, 15) is 13.2 Å². The molecule has 0 spiro atoms. The molecule has 0 radical (unpaired) electrons. The van der Waals surface area contributed by atoms with Gasteiger partial charge in [0.05, 0.1) is 13.3 Å². The van der Waals surface area contributed by atoms with E-state index < -0.39 is 12.0 Å². The number of H-pyrrole nitrogens is 1. The fourth-order valence-electron chi connectivity index (χ4n) is 1.93. The lowest BCUT2D eigenvalue weighted by atomic mass is 10.2. The highest BCUT2D eigenvalue weighted by Gasteiger charge is 2.37. The molecule has 23 heavy (non-hydrogen) atoms. The van der Waals surface area contributed by atoms with Gasteiger partial charge in [-0.25, -0.2) is 5.10 Å². The van der Waals surface area contributed by atoms with Crippen LogP contribution in [0.2, 0.25) is 0 Å². The fraction of sp³-hybridized carbons (Fsp3) is 0.250. The molecule has 0 unspecified atom stereocenters. The van der Waals surface area contributed by atoms with Crippen LogP contribution in [0.4, 0.5) is 13.2 Å². The third-order valence-corrected chi connectivity index (χ3v) is 3.17. The third-order valence-electron chi connectivity index (χ3n) is 2.91. The van der Waals surface area contributed by atoms with Crippen molar-refractivity contribution < 1.29 is 27.4 Å². The quantitative estimate of drug-likeness (QED) is 0.683. The van der Waals surface area contributed by atoms with Gasteiger partial charge in [0.2, 0.25) is 17.3 Å². The fourth-order valence-corrected chi connectivity index (χ4v) is 2.11. The first-order valence-corrected chi connectivity index (χ1v) is 6.57. The van der Waals surface area contributed by atoms with Crippen LogP contribution in [0.25, 0.3) is 0 Å². The minimum absolute atomic E-state index is 0.0390. The summed E-state index contributed by atoms with van der Waals surface area (Å²) in [5.74, 6) is -0.0158. The van der Waals surface area contributed by atoms with Crippen molar-refractivity contribution in [2.24, 2.45) is 5.10 Å². The van der Waals surface area contributed by atoms with Crippen molar-refractivity contribution in [3.05, 3.63) is 28.3 Å². The number of halogens is 3. The Bertz CT molecular complexity index is 828. The van der Waals surface area contributed by atoms with Crippen LogP contribution >= 0.6 is 12.2 Å². The number of aromatic nitrogens is 3. The van der Waals surface area contributed by atoms with Crippen LogP contribution in [0.15, 0.2) is 17.2 Å². The monoisotopic (exact) mass is 346 g/mol. The van der Waals surface area contributed by atoms with E-state index in [1.54, 1.807) is 12.1 Å². The van der Waals surface area contributed by atoms with E-state index in [1.807, 2.05) is 0 Å². The van der Waals surface area contributed by atoms with Crippen LogP contribution in [0.5, 0.6) is 17.2 Å². The molecule has 0 saturated heterocycles. The molecule has 1 aromatic heterocycles. The number of hydrogen-bond acceptors (Lipinski definition) is 6. The topological polar surface area (TPSA) is 73.7 Å². The number of benzene rings is 1. The van der Waals surface area contributed by atoms with Crippen LogP contribution in [0.3, 0.4) is 0 Å². The number of ether oxygens (including phenoxy) is 3. The van der Waals surface area contributed by atoms with E-state index in [2.05, 4.69) is 15.3 Å². The minimum Gasteiger partial charge on any atom is -0.493 e. The Kier molecular flexibility index (Phi) is 3.72.